The maximum Gasteiger partial charge on any atom is 0.335 e. The van der Waals surface area contributed by atoms with Crippen molar-refractivity contribution in [1.82, 2.24) is 4.98 Å². The van der Waals surface area contributed by atoms with Gasteiger partial charge in [-0.1, -0.05) is 6.07 Å². The fraction of sp³-hybridized carbons (Fsp3) is 0.154. The lowest BCUT2D eigenvalue weighted by Gasteiger charge is -2.09. The average molecular weight is 292 g/mol. The number of ether oxygens (including phenoxy) is 1. The summed E-state index contributed by atoms with van der Waals surface area (Å²) in [5.41, 5.74) is 0.878. The first-order valence-corrected chi connectivity index (χ1v) is 6.60. The van der Waals surface area contributed by atoms with E-state index in [0.29, 0.717) is 10.9 Å². The number of anilines is 1. The molecule has 7 heteroatoms. The molecule has 0 radical (unpaired) electrons. The van der Waals surface area contributed by atoms with Crippen LogP contribution >= 0.6 is 11.3 Å². The summed E-state index contributed by atoms with van der Waals surface area (Å²) >= 11 is 1.31. The second-order valence-corrected chi connectivity index (χ2v) is 4.85. The molecule has 104 valence electrons. The summed E-state index contributed by atoms with van der Waals surface area (Å²) in [5.74, 6) is -1.01. The van der Waals surface area contributed by atoms with E-state index >= 15 is 0 Å². The van der Waals surface area contributed by atoms with E-state index < -0.39 is 5.97 Å². The number of rotatable bonds is 5. The van der Waals surface area contributed by atoms with Gasteiger partial charge in [-0.25, -0.2) is 9.78 Å². The number of hydrogen-bond donors (Lipinski definition) is 2. The second kappa shape index (κ2) is 6.16. The number of thiazole rings is 1. The minimum absolute atomic E-state index is 0.117. The molecule has 0 aliphatic rings. The van der Waals surface area contributed by atoms with Crippen LogP contribution in [0.15, 0.2) is 29.8 Å². The van der Waals surface area contributed by atoms with Crippen LogP contribution in [0, 0.1) is 6.92 Å². The van der Waals surface area contributed by atoms with Gasteiger partial charge in [-0.05, 0) is 24.6 Å². The molecule has 0 aliphatic heterocycles. The van der Waals surface area contributed by atoms with Crippen molar-refractivity contribution in [3.63, 3.8) is 0 Å². The molecule has 2 aromatic rings. The smallest absolute Gasteiger partial charge is 0.335 e. The van der Waals surface area contributed by atoms with Crippen LogP contribution in [-0.4, -0.2) is 28.6 Å². The van der Waals surface area contributed by atoms with Gasteiger partial charge in [0, 0.05) is 11.6 Å². The molecular formula is C13H12N2O4S. The van der Waals surface area contributed by atoms with Crippen molar-refractivity contribution in [2.24, 2.45) is 0 Å². The van der Waals surface area contributed by atoms with Crippen LogP contribution in [0.5, 0.6) is 5.75 Å². The van der Waals surface area contributed by atoms with Crippen LogP contribution < -0.4 is 10.1 Å². The molecule has 0 saturated heterocycles. The summed E-state index contributed by atoms with van der Waals surface area (Å²) in [4.78, 5) is 26.4. The molecule has 6 nitrogen and oxygen atoms in total. The lowest BCUT2D eigenvalue weighted by Crippen LogP contribution is -2.20. The average Bonchev–Trinajstić information content (AvgIpc) is 2.90. The number of nitrogens with zero attached hydrogens (tertiary/aromatic N) is 1. The number of aromatic carboxylic acids is 1. The zero-order valence-corrected chi connectivity index (χ0v) is 11.4. The van der Waals surface area contributed by atoms with E-state index in [1.807, 2.05) is 0 Å². The number of carbonyl (C=O) groups is 2. The van der Waals surface area contributed by atoms with Crippen molar-refractivity contribution in [3.8, 4) is 5.75 Å². The molecule has 0 bridgehead atoms. The van der Waals surface area contributed by atoms with Gasteiger partial charge in [-0.15, -0.1) is 11.3 Å². The third kappa shape index (κ3) is 3.55. The first-order valence-electron chi connectivity index (χ1n) is 5.72. The van der Waals surface area contributed by atoms with Crippen LogP contribution in [0.4, 0.5) is 5.13 Å². The van der Waals surface area contributed by atoms with Crippen LogP contribution in [-0.2, 0) is 4.79 Å². The van der Waals surface area contributed by atoms with Crippen molar-refractivity contribution >= 4 is 28.3 Å². The van der Waals surface area contributed by atoms with E-state index in [2.05, 4.69) is 10.3 Å². The van der Waals surface area contributed by atoms with Crippen molar-refractivity contribution in [1.29, 1.82) is 0 Å². The highest BCUT2D eigenvalue weighted by molar-refractivity contribution is 7.13. The van der Waals surface area contributed by atoms with Gasteiger partial charge in [0.25, 0.3) is 5.91 Å². The van der Waals surface area contributed by atoms with Crippen LogP contribution in [0.2, 0.25) is 0 Å². The van der Waals surface area contributed by atoms with E-state index in [1.165, 1.54) is 23.5 Å². The van der Waals surface area contributed by atoms with Gasteiger partial charge in [0.2, 0.25) is 0 Å². The normalized spacial score (nSPS) is 10.1. The third-order valence-electron chi connectivity index (χ3n) is 2.47. The molecular weight excluding hydrogens is 280 g/mol. The molecule has 2 N–H and O–H groups in total. The van der Waals surface area contributed by atoms with Crippen molar-refractivity contribution in [2.75, 3.05) is 11.9 Å². The number of carbonyl (C=O) groups excluding carboxylic acids is 1. The Morgan fingerprint density at radius 1 is 1.45 bits per heavy atom. The van der Waals surface area contributed by atoms with Crippen molar-refractivity contribution in [2.45, 2.75) is 6.92 Å². The molecule has 0 aliphatic carbocycles. The number of amides is 1. The maximum absolute atomic E-state index is 11.6. The number of nitrogens with one attached hydrogen (secondary N) is 1. The minimum atomic E-state index is -1.04. The Bertz CT molecular complexity index is 625. The van der Waals surface area contributed by atoms with Crippen molar-refractivity contribution in [3.05, 3.63) is 40.9 Å². The summed E-state index contributed by atoms with van der Waals surface area (Å²) in [6.45, 7) is 1.57. The largest absolute Gasteiger partial charge is 0.483 e. The van der Waals surface area contributed by atoms with E-state index in [9.17, 15) is 9.59 Å². The Morgan fingerprint density at radius 3 is 2.90 bits per heavy atom. The monoisotopic (exact) mass is 292 g/mol. The standard InChI is InChI=1S/C13H12N2O4S/c1-8-2-3-9(12(17)18)6-10(8)19-7-11(16)15-13-14-4-5-20-13/h2-6H,7H2,1H3,(H,17,18)(H,14,15,16). The van der Waals surface area contributed by atoms with E-state index in [0.717, 1.165) is 5.56 Å². The summed E-state index contributed by atoms with van der Waals surface area (Å²) < 4.78 is 5.34. The molecule has 1 heterocycles. The maximum atomic E-state index is 11.6. The molecule has 0 fully saturated rings. The van der Waals surface area contributed by atoms with Crippen LogP contribution in [0.3, 0.4) is 0 Å². The molecule has 0 saturated carbocycles. The predicted molar refractivity (Wildman–Crippen MR) is 74.4 cm³/mol. The van der Waals surface area contributed by atoms with E-state index in [1.54, 1.807) is 24.6 Å². The summed E-state index contributed by atoms with van der Waals surface area (Å²) in [6, 6.07) is 4.52. The van der Waals surface area contributed by atoms with Gasteiger partial charge in [-0.3, -0.25) is 10.1 Å². The molecule has 1 amide bonds. The van der Waals surface area contributed by atoms with Crippen LogP contribution in [0.25, 0.3) is 0 Å². The molecule has 0 unspecified atom stereocenters. The molecule has 0 atom stereocenters. The van der Waals surface area contributed by atoms with Crippen molar-refractivity contribution < 1.29 is 19.4 Å². The summed E-state index contributed by atoms with van der Waals surface area (Å²) in [7, 11) is 0. The molecule has 20 heavy (non-hydrogen) atoms. The third-order valence-corrected chi connectivity index (χ3v) is 3.16. The first-order chi connectivity index (χ1) is 9.56. The first kappa shape index (κ1) is 14.0. The van der Waals surface area contributed by atoms with Gasteiger partial charge >= 0.3 is 5.97 Å². The van der Waals surface area contributed by atoms with Gasteiger partial charge in [0.15, 0.2) is 11.7 Å². The lowest BCUT2D eigenvalue weighted by atomic mass is 10.1. The van der Waals surface area contributed by atoms with Gasteiger partial charge < -0.3 is 9.84 Å². The molecule has 1 aromatic carbocycles. The predicted octanol–water partition coefficient (Wildman–Crippen LogP) is 2.17. The van der Waals surface area contributed by atoms with Gasteiger partial charge in [0.05, 0.1) is 5.56 Å². The molecule has 0 spiro atoms. The minimum Gasteiger partial charge on any atom is -0.483 e. The molecule has 1 aromatic heterocycles. The van der Waals surface area contributed by atoms with Crippen LogP contribution in [0.1, 0.15) is 15.9 Å². The zero-order valence-electron chi connectivity index (χ0n) is 10.6. The number of benzene rings is 1. The fourth-order valence-corrected chi connectivity index (χ4v) is 2.02. The summed E-state index contributed by atoms with van der Waals surface area (Å²) in [5, 5.41) is 13.7. The number of aryl methyl sites for hydroxylation is 1. The summed E-state index contributed by atoms with van der Waals surface area (Å²) in [6.07, 6.45) is 1.58. The quantitative estimate of drug-likeness (QED) is 0.881. The number of carboxylic acid groups (broad SMARTS) is 1. The number of aromatic nitrogens is 1. The Kier molecular flexibility index (Phi) is 4.31. The highest BCUT2D eigenvalue weighted by Crippen LogP contribution is 2.19. The Morgan fingerprint density at radius 2 is 2.25 bits per heavy atom. The fourth-order valence-electron chi connectivity index (χ4n) is 1.47. The second-order valence-electron chi connectivity index (χ2n) is 3.96. The van der Waals surface area contributed by atoms with E-state index in [4.69, 9.17) is 9.84 Å². The highest BCUT2D eigenvalue weighted by atomic mass is 32.1. The zero-order chi connectivity index (χ0) is 14.5. The SMILES string of the molecule is Cc1ccc(C(=O)O)cc1OCC(=O)Nc1nccs1. The number of carboxylic acids is 1. The van der Waals surface area contributed by atoms with Gasteiger partial charge in [-0.2, -0.15) is 0 Å². The molecule has 2 rings (SSSR count). The Labute approximate surface area is 119 Å². The number of hydrogen-bond acceptors (Lipinski definition) is 5. The Balaban J connectivity index is 1.98. The lowest BCUT2D eigenvalue weighted by molar-refractivity contribution is -0.118. The Hall–Kier alpha value is -2.41. The topological polar surface area (TPSA) is 88.5 Å². The van der Waals surface area contributed by atoms with Gasteiger partial charge in [0.1, 0.15) is 5.75 Å². The highest BCUT2D eigenvalue weighted by Gasteiger charge is 2.10. The van der Waals surface area contributed by atoms with E-state index in [-0.39, 0.29) is 18.1 Å².